The first-order valence-corrected chi connectivity index (χ1v) is 7.84. The molecule has 1 atom stereocenters. The molecule has 0 bridgehead atoms. The number of nitrogens with two attached hydrogens (primary N) is 1. The summed E-state index contributed by atoms with van der Waals surface area (Å²) in [5.41, 5.74) is 7.57. The van der Waals surface area contributed by atoms with Crippen LogP contribution in [0.4, 0.5) is 5.69 Å². The van der Waals surface area contributed by atoms with E-state index < -0.39 is 16.9 Å². The van der Waals surface area contributed by atoms with Crippen molar-refractivity contribution in [2.45, 2.75) is 26.0 Å². The maximum atomic E-state index is 10.9. The average molecular weight is 360 g/mol. The molecule has 0 saturated carbocycles. The summed E-state index contributed by atoms with van der Waals surface area (Å²) in [5, 5.41) is 19.8. The molecule has 2 aromatic carbocycles. The van der Waals surface area contributed by atoms with Crippen LogP contribution in [0, 0.1) is 17.0 Å². The Bertz CT molecular complexity index is 821. The number of benzene rings is 2. The Balaban J connectivity index is 2.16. The van der Waals surface area contributed by atoms with Crippen LogP contribution in [0.1, 0.15) is 16.7 Å². The van der Waals surface area contributed by atoms with Gasteiger partial charge in [-0.3, -0.25) is 14.9 Å². The van der Waals surface area contributed by atoms with Crippen molar-refractivity contribution in [3.8, 4) is 11.5 Å². The van der Waals surface area contributed by atoms with Gasteiger partial charge in [0, 0.05) is 17.2 Å². The molecule has 0 aliphatic heterocycles. The zero-order chi connectivity index (χ0) is 19.3. The van der Waals surface area contributed by atoms with Gasteiger partial charge >= 0.3 is 5.97 Å². The first kappa shape index (κ1) is 19.2. The van der Waals surface area contributed by atoms with Crippen LogP contribution >= 0.6 is 0 Å². The van der Waals surface area contributed by atoms with E-state index in [1.54, 1.807) is 31.2 Å². The molecule has 1 unspecified atom stereocenters. The van der Waals surface area contributed by atoms with E-state index in [1.165, 1.54) is 19.2 Å². The number of rotatable bonds is 8. The predicted molar refractivity (Wildman–Crippen MR) is 94.5 cm³/mol. The van der Waals surface area contributed by atoms with E-state index in [4.69, 9.17) is 20.3 Å². The van der Waals surface area contributed by atoms with Crippen LogP contribution in [0.15, 0.2) is 36.4 Å². The second-order valence-electron chi connectivity index (χ2n) is 5.79. The summed E-state index contributed by atoms with van der Waals surface area (Å²) in [4.78, 5) is 21.3. The van der Waals surface area contributed by atoms with E-state index in [0.717, 1.165) is 11.1 Å². The number of ether oxygens (including phenoxy) is 2. The van der Waals surface area contributed by atoms with Crippen LogP contribution in [0.25, 0.3) is 0 Å². The molecular formula is C18H20N2O6. The van der Waals surface area contributed by atoms with Gasteiger partial charge in [-0.2, -0.15) is 0 Å². The molecule has 0 aromatic heterocycles. The number of hydrogen-bond acceptors (Lipinski definition) is 6. The zero-order valence-electron chi connectivity index (χ0n) is 14.5. The van der Waals surface area contributed by atoms with E-state index in [2.05, 4.69) is 0 Å². The minimum Gasteiger partial charge on any atom is -0.496 e. The lowest BCUT2D eigenvalue weighted by Crippen LogP contribution is -2.32. The van der Waals surface area contributed by atoms with Crippen LogP contribution in [0.2, 0.25) is 0 Å². The largest absolute Gasteiger partial charge is 0.496 e. The van der Waals surface area contributed by atoms with Gasteiger partial charge in [0.15, 0.2) is 0 Å². The molecule has 0 amide bonds. The molecule has 2 rings (SSSR count). The van der Waals surface area contributed by atoms with Gasteiger partial charge in [-0.05, 0) is 43.2 Å². The Morgan fingerprint density at radius 2 is 2.04 bits per heavy atom. The molecule has 0 aliphatic carbocycles. The van der Waals surface area contributed by atoms with Crippen LogP contribution < -0.4 is 15.2 Å². The van der Waals surface area contributed by atoms with E-state index >= 15 is 0 Å². The fourth-order valence-corrected chi connectivity index (χ4v) is 2.50. The normalized spacial score (nSPS) is 11.7. The van der Waals surface area contributed by atoms with E-state index in [1.807, 2.05) is 0 Å². The van der Waals surface area contributed by atoms with Gasteiger partial charge in [-0.15, -0.1) is 0 Å². The van der Waals surface area contributed by atoms with Gasteiger partial charge in [0.05, 0.1) is 12.0 Å². The van der Waals surface area contributed by atoms with E-state index in [-0.39, 0.29) is 18.7 Å². The number of carbonyl (C=O) groups is 1. The molecule has 3 N–H and O–H groups in total. The number of aryl methyl sites for hydroxylation is 1. The summed E-state index contributed by atoms with van der Waals surface area (Å²) in [7, 11) is 1.53. The summed E-state index contributed by atoms with van der Waals surface area (Å²) < 4.78 is 11.0. The molecule has 8 nitrogen and oxygen atoms in total. The maximum absolute atomic E-state index is 10.9. The average Bonchev–Trinajstić information content (AvgIpc) is 2.59. The summed E-state index contributed by atoms with van der Waals surface area (Å²) in [6, 6.07) is 8.78. The maximum Gasteiger partial charge on any atom is 0.320 e. The van der Waals surface area contributed by atoms with Gasteiger partial charge in [0.1, 0.15) is 24.1 Å². The van der Waals surface area contributed by atoms with Crippen molar-refractivity contribution in [1.29, 1.82) is 0 Å². The molecular weight excluding hydrogens is 340 g/mol. The highest BCUT2D eigenvalue weighted by Gasteiger charge is 2.15. The van der Waals surface area contributed by atoms with Gasteiger partial charge in [-0.25, -0.2) is 0 Å². The molecule has 0 aliphatic rings. The molecule has 0 radical (unpaired) electrons. The van der Waals surface area contributed by atoms with Crippen molar-refractivity contribution in [3.63, 3.8) is 0 Å². The van der Waals surface area contributed by atoms with Crippen molar-refractivity contribution in [2.24, 2.45) is 5.73 Å². The van der Waals surface area contributed by atoms with Gasteiger partial charge in [0.25, 0.3) is 5.69 Å². The number of nitro groups is 1. The lowest BCUT2D eigenvalue weighted by Gasteiger charge is -2.13. The fraction of sp³-hybridized carbons (Fsp3) is 0.278. The van der Waals surface area contributed by atoms with Crippen molar-refractivity contribution in [1.82, 2.24) is 0 Å². The van der Waals surface area contributed by atoms with Crippen LogP contribution in [-0.2, 0) is 17.8 Å². The minimum atomic E-state index is -1.07. The van der Waals surface area contributed by atoms with Crippen LogP contribution in [0.5, 0.6) is 11.5 Å². The van der Waals surface area contributed by atoms with Gasteiger partial charge in [-0.1, -0.05) is 6.07 Å². The lowest BCUT2D eigenvalue weighted by atomic mass is 10.0. The molecule has 0 spiro atoms. The van der Waals surface area contributed by atoms with Crippen LogP contribution in [-0.4, -0.2) is 29.2 Å². The first-order valence-electron chi connectivity index (χ1n) is 7.84. The molecule has 0 heterocycles. The first-order chi connectivity index (χ1) is 12.3. The van der Waals surface area contributed by atoms with E-state index in [9.17, 15) is 14.9 Å². The highest BCUT2D eigenvalue weighted by atomic mass is 16.6. The molecule has 0 fully saturated rings. The number of carboxylic acids is 1. The highest BCUT2D eigenvalue weighted by molar-refractivity contribution is 5.73. The van der Waals surface area contributed by atoms with E-state index in [0.29, 0.717) is 17.1 Å². The molecule has 26 heavy (non-hydrogen) atoms. The standard InChI is InChI=1S/C18H20N2O6/c1-11-7-14(4-5-16(11)20(23)24)26-10-13-8-12(3-6-17(13)25-2)9-15(19)18(21)22/h3-8,15H,9-10,19H2,1-2H3,(H,21,22). The fourth-order valence-electron chi connectivity index (χ4n) is 2.50. The van der Waals surface area contributed by atoms with Gasteiger partial charge < -0.3 is 20.3 Å². The quantitative estimate of drug-likeness (QED) is 0.547. The summed E-state index contributed by atoms with van der Waals surface area (Å²) in [6.07, 6.45) is 0.183. The summed E-state index contributed by atoms with van der Waals surface area (Å²) in [6.45, 7) is 1.80. The van der Waals surface area contributed by atoms with Crippen molar-refractivity contribution < 1.29 is 24.3 Å². The number of methoxy groups -OCH3 is 1. The SMILES string of the molecule is COc1ccc(CC(N)C(=O)O)cc1COc1ccc([N+](=O)[O-])c(C)c1. The molecule has 0 saturated heterocycles. The molecule has 138 valence electrons. The van der Waals surface area contributed by atoms with Crippen molar-refractivity contribution in [3.05, 3.63) is 63.2 Å². The Labute approximate surface area is 150 Å². The lowest BCUT2D eigenvalue weighted by molar-refractivity contribution is -0.385. The van der Waals surface area contributed by atoms with Crippen molar-refractivity contribution >= 4 is 11.7 Å². The monoisotopic (exact) mass is 360 g/mol. The third-order valence-corrected chi connectivity index (χ3v) is 3.88. The summed E-state index contributed by atoms with van der Waals surface area (Å²) in [5.74, 6) is 0.0130. The second-order valence-corrected chi connectivity index (χ2v) is 5.79. The highest BCUT2D eigenvalue weighted by Crippen LogP contribution is 2.26. The predicted octanol–water partition coefficient (Wildman–Crippen LogP) is 2.45. The Morgan fingerprint density at radius 1 is 1.31 bits per heavy atom. The topological polar surface area (TPSA) is 125 Å². The number of aliphatic carboxylic acids is 1. The zero-order valence-corrected chi connectivity index (χ0v) is 14.5. The minimum absolute atomic E-state index is 0.0274. The van der Waals surface area contributed by atoms with Crippen molar-refractivity contribution in [2.75, 3.05) is 7.11 Å². The van der Waals surface area contributed by atoms with Crippen LogP contribution in [0.3, 0.4) is 0 Å². The molecule has 8 heteroatoms. The number of carboxylic acid groups (broad SMARTS) is 1. The third kappa shape index (κ3) is 4.70. The summed E-state index contributed by atoms with van der Waals surface area (Å²) >= 11 is 0. The van der Waals surface area contributed by atoms with Gasteiger partial charge in [0.2, 0.25) is 0 Å². The number of nitrogens with zero attached hydrogens (tertiary/aromatic N) is 1. The third-order valence-electron chi connectivity index (χ3n) is 3.88. The molecule has 2 aromatic rings. The Hall–Kier alpha value is -3.13. The Kier molecular flexibility index (Phi) is 6.13. The smallest absolute Gasteiger partial charge is 0.320 e. The Morgan fingerprint density at radius 3 is 2.62 bits per heavy atom. The number of hydrogen-bond donors (Lipinski definition) is 2. The number of nitro benzene ring substituents is 1. The second kappa shape index (κ2) is 8.30.